The molecule has 40 heavy (non-hydrogen) atoms. The summed E-state index contributed by atoms with van der Waals surface area (Å²) in [5, 5.41) is 10.0. The molecule has 1 N–H and O–H groups in total. The highest BCUT2D eigenvalue weighted by Gasteiger charge is 2.19. The van der Waals surface area contributed by atoms with E-state index in [9.17, 15) is 14.7 Å². The van der Waals surface area contributed by atoms with E-state index in [4.69, 9.17) is 4.74 Å². The molecule has 1 unspecified atom stereocenters. The first-order valence-corrected chi connectivity index (χ1v) is 18.7. The third kappa shape index (κ3) is 24.1. The topological polar surface area (TPSA) is 63.6 Å². The minimum Gasteiger partial charge on any atom is -0.465 e. The molecule has 1 atom stereocenters. The molecule has 4 nitrogen and oxygen atoms in total. The number of thioether (sulfide) groups is 1. The smallest absolute Gasteiger partial charge is 0.308 e. The zero-order chi connectivity index (χ0) is 28.9. The molecule has 0 amide bonds. The standard InChI is InChI=1S/C35H66O4S/c1-2-3-4-19-28-34(37)31-40-30-23-16-21-27-33(36)26-20-15-22-29-39-35(38)32-24-17-13-11-9-7-5-6-8-10-12-14-18-25-32/h32,34,37H,2-31H2,1H3. The first-order valence-electron chi connectivity index (χ1n) is 17.6. The van der Waals surface area contributed by atoms with E-state index >= 15 is 0 Å². The van der Waals surface area contributed by atoms with Crippen molar-refractivity contribution in [2.24, 2.45) is 5.92 Å². The number of carbonyl (C=O) groups is 2. The lowest BCUT2D eigenvalue weighted by Crippen LogP contribution is -2.18. The van der Waals surface area contributed by atoms with E-state index < -0.39 is 0 Å². The minimum absolute atomic E-state index is 0.0278. The number of ether oxygens (including phenoxy) is 1. The summed E-state index contributed by atoms with van der Waals surface area (Å²) in [6.45, 7) is 2.72. The molecule has 0 aliphatic heterocycles. The van der Waals surface area contributed by atoms with Gasteiger partial charge in [0.05, 0.1) is 18.6 Å². The van der Waals surface area contributed by atoms with Gasteiger partial charge in [0, 0.05) is 18.6 Å². The van der Waals surface area contributed by atoms with Gasteiger partial charge in [0.15, 0.2) is 0 Å². The zero-order valence-corrected chi connectivity index (χ0v) is 27.3. The fraction of sp³-hybridized carbons (Fsp3) is 0.943. The first-order chi connectivity index (χ1) is 19.6. The predicted octanol–water partition coefficient (Wildman–Crippen LogP) is 10.4. The number of aliphatic hydroxyl groups is 1. The molecule has 1 fully saturated rings. The fourth-order valence-electron chi connectivity index (χ4n) is 5.76. The molecule has 0 aromatic carbocycles. The first kappa shape index (κ1) is 37.5. The summed E-state index contributed by atoms with van der Waals surface area (Å²) in [5.41, 5.74) is 0. The second kappa shape index (κ2) is 28.6. The molecule has 0 radical (unpaired) electrons. The van der Waals surface area contributed by atoms with Crippen molar-refractivity contribution < 1.29 is 19.4 Å². The number of Topliss-reactive ketones (excluding diaryl/α,β-unsaturated/α-hetero) is 1. The van der Waals surface area contributed by atoms with Crippen molar-refractivity contribution in [3.05, 3.63) is 0 Å². The van der Waals surface area contributed by atoms with Gasteiger partial charge in [-0.2, -0.15) is 11.8 Å². The molecule has 0 bridgehead atoms. The van der Waals surface area contributed by atoms with E-state index in [0.29, 0.717) is 25.2 Å². The number of unbranched alkanes of at least 4 members (excludes halogenated alkanes) is 7. The van der Waals surface area contributed by atoms with Gasteiger partial charge in [-0.25, -0.2) is 0 Å². The Balaban J connectivity index is 2.01. The van der Waals surface area contributed by atoms with E-state index in [1.807, 2.05) is 11.8 Å². The van der Waals surface area contributed by atoms with Crippen LogP contribution in [0.4, 0.5) is 0 Å². The number of aliphatic hydroxyl groups excluding tert-OH is 1. The summed E-state index contributed by atoms with van der Waals surface area (Å²) >= 11 is 1.85. The number of ketones is 1. The van der Waals surface area contributed by atoms with Crippen LogP contribution in [0.15, 0.2) is 0 Å². The summed E-state index contributed by atoms with van der Waals surface area (Å²) in [4.78, 5) is 25.0. The van der Waals surface area contributed by atoms with Gasteiger partial charge in [0.25, 0.3) is 0 Å². The normalized spacial score (nSPS) is 17.6. The Labute approximate surface area is 252 Å². The Hall–Kier alpha value is -0.550. The van der Waals surface area contributed by atoms with Crippen LogP contribution in [-0.2, 0) is 14.3 Å². The van der Waals surface area contributed by atoms with Crippen LogP contribution in [0.25, 0.3) is 0 Å². The highest BCUT2D eigenvalue weighted by Crippen LogP contribution is 2.22. The van der Waals surface area contributed by atoms with Crippen LogP contribution in [0.1, 0.15) is 180 Å². The Morgan fingerprint density at radius 1 is 0.700 bits per heavy atom. The number of hydrogen-bond acceptors (Lipinski definition) is 5. The second-order valence-corrected chi connectivity index (χ2v) is 13.6. The van der Waals surface area contributed by atoms with Gasteiger partial charge in [-0.05, 0) is 57.1 Å². The van der Waals surface area contributed by atoms with Gasteiger partial charge in [-0.3, -0.25) is 9.59 Å². The van der Waals surface area contributed by atoms with Crippen LogP contribution >= 0.6 is 11.8 Å². The van der Waals surface area contributed by atoms with Crippen LogP contribution in [0.3, 0.4) is 0 Å². The SMILES string of the molecule is CCCCCCC(O)CSCCCCCC(=O)CCCCCOC(=O)C1CCCCCCCCCCCCCC1. The lowest BCUT2D eigenvalue weighted by Gasteiger charge is -2.16. The van der Waals surface area contributed by atoms with E-state index in [1.165, 1.54) is 83.5 Å². The summed E-state index contributed by atoms with van der Waals surface area (Å²) in [6, 6.07) is 0. The largest absolute Gasteiger partial charge is 0.465 e. The van der Waals surface area contributed by atoms with E-state index in [0.717, 1.165) is 88.6 Å². The van der Waals surface area contributed by atoms with Crippen molar-refractivity contribution in [2.75, 3.05) is 18.1 Å². The molecule has 0 spiro atoms. The van der Waals surface area contributed by atoms with Crippen LogP contribution in [-0.4, -0.2) is 41.1 Å². The number of hydrogen-bond donors (Lipinski definition) is 1. The quantitative estimate of drug-likeness (QED) is 0.114. The minimum atomic E-state index is -0.157. The highest BCUT2D eigenvalue weighted by molar-refractivity contribution is 7.99. The van der Waals surface area contributed by atoms with Crippen molar-refractivity contribution >= 4 is 23.5 Å². The maximum absolute atomic E-state index is 12.8. The zero-order valence-electron chi connectivity index (χ0n) is 26.4. The maximum atomic E-state index is 12.8. The van der Waals surface area contributed by atoms with Crippen molar-refractivity contribution in [3.8, 4) is 0 Å². The Morgan fingerprint density at radius 2 is 1.23 bits per heavy atom. The molecule has 0 heterocycles. The monoisotopic (exact) mass is 582 g/mol. The lowest BCUT2D eigenvalue weighted by molar-refractivity contribution is -0.149. The van der Waals surface area contributed by atoms with Crippen LogP contribution in [0.5, 0.6) is 0 Å². The molecular weight excluding hydrogens is 516 g/mol. The van der Waals surface area contributed by atoms with E-state index in [2.05, 4.69) is 6.92 Å². The highest BCUT2D eigenvalue weighted by atomic mass is 32.2. The van der Waals surface area contributed by atoms with Gasteiger partial charge in [-0.1, -0.05) is 116 Å². The van der Waals surface area contributed by atoms with E-state index in [-0.39, 0.29) is 18.0 Å². The molecular formula is C35H66O4S. The van der Waals surface area contributed by atoms with Crippen molar-refractivity contribution in [2.45, 2.75) is 186 Å². The molecule has 0 saturated heterocycles. The second-order valence-electron chi connectivity index (χ2n) is 12.4. The summed E-state index contributed by atoms with van der Waals surface area (Å²) in [5.74, 6) is 2.43. The van der Waals surface area contributed by atoms with Gasteiger partial charge in [0.2, 0.25) is 0 Å². The Bertz CT molecular complexity index is 566. The van der Waals surface area contributed by atoms with Crippen LogP contribution in [0, 0.1) is 5.92 Å². The van der Waals surface area contributed by atoms with Gasteiger partial charge in [0.1, 0.15) is 5.78 Å². The Morgan fingerprint density at radius 3 is 1.80 bits per heavy atom. The number of carbonyl (C=O) groups excluding carboxylic acids is 2. The van der Waals surface area contributed by atoms with Crippen molar-refractivity contribution in [3.63, 3.8) is 0 Å². The Kier molecular flexibility index (Phi) is 26.8. The van der Waals surface area contributed by atoms with E-state index in [1.54, 1.807) is 0 Å². The number of rotatable bonds is 20. The van der Waals surface area contributed by atoms with Gasteiger partial charge >= 0.3 is 5.97 Å². The molecule has 1 saturated carbocycles. The van der Waals surface area contributed by atoms with Crippen LogP contribution < -0.4 is 0 Å². The molecule has 5 heteroatoms. The molecule has 1 aliphatic rings. The van der Waals surface area contributed by atoms with Gasteiger partial charge < -0.3 is 9.84 Å². The fourth-order valence-corrected chi connectivity index (χ4v) is 6.77. The summed E-state index contributed by atoms with van der Waals surface area (Å²) in [6.07, 6.45) is 30.6. The molecule has 0 aromatic heterocycles. The summed E-state index contributed by atoms with van der Waals surface area (Å²) < 4.78 is 5.69. The summed E-state index contributed by atoms with van der Waals surface area (Å²) in [7, 11) is 0. The maximum Gasteiger partial charge on any atom is 0.308 e. The third-order valence-corrected chi connectivity index (χ3v) is 9.68. The van der Waals surface area contributed by atoms with Crippen molar-refractivity contribution in [1.29, 1.82) is 0 Å². The van der Waals surface area contributed by atoms with Gasteiger partial charge in [-0.15, -0.1) is 0 Å². The lowest BCUT2D eigenvalue weighted by atomic mass is 9.94. The number of esters is 1. The third-order valence-electron chi connectivity index (χ3n) is 8.48. The predicted molar refractivity (Wildman–Crippen MR) is 173 cm³/mol. The molecule has 0 aromatic rings. The average Bonchev–Trinajstić information content (AvgIpc) is 2.96. The van der Waals surface area contributed by atoms with Crippen LogP contribution in [0.2, 0.25) is 0 Å². The average molecular weight is 583 g/mol. The van der Waals surface area contributed by atoms with Crippen molar-refractivity contribution in [1.82, 2.24) is 0 Å². The molecule has 236 valence electrons. The molecule has 1 rings (SSSR count). The molecule has 1 aliphatic carbocycles.